The fourth-order valence-electron chi connectivity index (χ4n) is 2.47. The Balaban J connectivity index is 1.76. The molecule has 0 aliphatic heterocycles. The van der Waals surface area contributed by atoms with Crippen LogP contribution in [0.15, 0.2) is 52.4 Å². The van der Waals surface area contributed by atoms with Gasteiger partial charge in [0.1, 0.15) is 12.4 Å². The van der Waals surface area contributed by atoms with Crippen molar-refractivity contribution in [3.05, 3.63) is 75.3 Å². The third-order valence-corrected chi connectivity index (χ3v) is 4.80. The smallest absolute Gasteiger partial charge is 0.333 e. The van der Waals surface area contributed by atoms with Crippen LogP contribution in [0.3, 0.4) is 0 Å². The largest absolute Gasteiger partial charge is 0.459 e. The maximum atomic E-state index is 12.7. The number of esters is 1. The van der Waals surface area contributed by atoms with Crippen molar-refractivity contribution in [1.29, 1.82) is 0 Å². The van der Waals surface area contributed by atoms with Crippen molar-refractivity contribution in [2.24, 2.45) is 0 Å². The van der Waals surface area contributed by atoms with Crippen LogP contribution in [0.4, 0.5) is 0 Å². The van der Waals surface area contributed by atoms with Crippen molar-refractivity contribution in [1.82, 2.24) is 10.5 Å². The van der Waals surface area contributed by atoms with Gasteiger partial charge in [0.2, 0.25) is 0 Å². The van der Waals surface area contributed by atoms with Crippen LogP contribution in [-0.4, -0.2) is 17.0 Å². The van der Waals surface area contributed by atoms with E-state index in [-0.39, 0.29) is 12.5 Å². The number of benzene rings is 1. The number of hydrogen-bond donors (Lipinski definition) is 1. The van der Waals surface area contributed by atoms with Gasteiger partial charge in [-0.3, -0.25) is 4.79 Å². The van der Waals surface area contributed by atoms with Gasteiger partial charge in [-0.1, -0.05) is 41.6 Å². The maximum absolute atomic E-state index is 12.7. The van der Waals surface area contributed by atoms with Gasteiger partial charge in [0.15, 0.2) is 6.04 Å². The lowest BCUT2D eigenvalue weighted by Gasteiger charge is -2.17. The quantitative estimate of drug-likeness (QED) is 0.671. The highest BCUT2D eigenvalue weighted by atomic mass is 32.1. The lowest BCUT2D eigenvalue weighted by molar-refractivity contribution is -0.147. The first-order chi connectivity index (χ1) is 12.6. The average Bonchev–Trinajstić information content (AvgIpc) is 3.29. The molecule has 0 unspecified atom stereocenters. The zero-order chi connectivity index (χ0) is 18.5. The van der Waals surface area contributed by atoms with Crippen molar-refractivity contribution in [2.75, 3.05) is 0 Å². The van der Waals surface area contributed by atoms with Crippen molar-refractivity contribution >= 4 is 23.2 Å². The van der Waals surface area contributed by atoms with E-state index in [0.717, 1.165) is 5.56 Å². The molecule has 26 heavy (non-hydrogen) atoms. The molecule has 0 spiro atoms. The number of carbonyl (C=O) groups is 2. The lowest BCUT2D eigenvalue weighted by atomic mass is 10.1. The summed E-state index contributed by atoms with van der Waals surface area (Å²) in [7, 11) is 0. The molecule has 3 aromatic rings. The molecule has 0 radical (unpaired) electrons. The fourth-order valence-corrected chi connectivity index (χ4v) is 3.10. The first-order valence-electron chi connectivity index (χ1n) is 8.04. The van der Waals surface area contributed by atoms with E-state index in [0.29, 0.717) is 21.9 Å². The molecule has 1 amide bonds. The molecule has 0 saturated heterocycles. The molecule has 0 saturated carbocycles. The van der Waals surface area contributed by atoms with E-state index in [1.54, 1.807) is 50.2 Å². The Kier molecular flexibility index (Phi) is 5.48. The highest BCUT2D eigenvalue weighted by Gasteiger charge is 2.26. The summed E-state index contributed by atoms with van der Waals surface area (Å²) in [6.07, 6.45) is 0. The molecule has 0 aliphatic carbocycles. The van der Waals surface area contributed by atoms with Crippen molar-refractivity contribution < 1.29 is 18.8 Å². The molecule has 0 bridgehead atoms. The van der Waals surface area contributed by atoms with Crippen molar-refractivity contribution in [3.8, 4) is 0 Å². The highest BCUT2D eigenvalue weighted by Crippen LogP contribution is 2.19. The van der Waals surface area contributed by atoms with E-state index in [4.69, 9.17) is 9.26 Å². The zero-order valence-corrected chi connectivity index (χ0v) is 15.2. The number of amides is 1. The Labute approximate surface area is 154 Å². The Bertz CT molecular complexity index is 868. The van der Waals surface area contributed by atoms with Crippen molar-refractivity contribution in [3.63, 3.8) is 0 Å². The molecule has 3 rings (SSSR count). The Morgan fingerprint density at radius 1 is 1.19 bits per heavy atom. The summed E-state index contributed by atoms with van der Waals surface area (Å²) in [6.45, 7) is 3.58. The van der Waals surface area contributed by atoms with E-state index < -0.39 is 12.0 Å². The van der Waals surface area contributed by atoms with Crippen LogP contribution in [0.2, 0.25) is 0 Å². The average molecular weight is 370 g/mol. The monoisotopic (exact) mass is 370 g/mol. The van der Waals surface area contributed by atoms with Crippen LogP contribution in [0.1, 0.15) is 38.3 Å². The number of nitrogens with one attached hydrogen (secondary N) is 1. The normalized spacial score (nSPS) is 11.8. The van der Waals surface area contributed by atoms with E-state index in [2.05, 4.69) is 10.5 Å². The number of aryl methyl sites for hydroxylation is 2. The molecule has 2 aromatic heterocycles. The SMILES string of the molecule is Cc1noc(C)c1COC(=O)[C@H](NC(=O)c1cccs1)c1ccccc1. The summed E-state index contributed by atoms with van der Waals surface area (Å²) < 4.78 is 10.5. The molecular weight excluding hydrogens is 352 g/mol. The van der Waals surface area contributed by atoms with E-state index in [1.165, 1.54) is 11.3 Å². The number of aromatic nitrogens is 1. The van der Waals surface area contributed by atoms with Gasteiger partial charge >= 0.3 is 5.97 Å². The molecule has 134 valence electrons. The summed E-state index contributed by atoms with van der Waals surface area (Å²) >= 11 is 1.31. The first kappa shape index (κ1) is 17.9. The second-order valence-electron chi connectivity index (χ2n) is 5.70. The number of thiophene rings is 1. The number of carbonyl (C=O) groups excluding carboxylic acids is 2. The van der Waals surface area contributed by atoms with Crippen LogP contribution in [0.5, 0.6) is 0 Å². The van der Waals surface area contributed by atoms with Crippen molar-refractivity contribution in [2.45, 2.75) is 26.5 Å². The molecular formula is C19H18N2O4S. The standard InChI is InChI=1S/C19H18N2O4S/c1-12-15(13(2)25-21-12)11-24-19(23)17(14-7-4-3-5-8-14)20-18(22)16-9-6-10-26-16/h3-10,17H,11H2,1-2H3,(H,20,22)/t17-/m1/s1. The first-order valence-corrected chi connectivity index (χ1v) is 8.92. The molecule has 1 N–H and O–H groups in total. The van der Waals surface area contributed by atoms with E-state index in [9.17, 15) is 9.59 Å². The van der Waals surface area contributed by atoms with Gasteiger partial charge in [-0.25, -0.2) is 4.79 Å². The van der Waals surface area contributed by atoms with Crippen LogP contribution in [-0.2, 0) is 16.1 Å². The van der Waals surface area contributed by atoms with Crippen LogP contribution in [0.25, 0.3) is 0 Å². The lowest BCUT2D eigenvalue weighted by Crippen LogP contribution is -2.34. The third kappa shape index (κ3) is 4.00. The fraction of sp³-hybridized carbons (Fsp3) is 0.211. The topological polar surface area (TPSA) is 81.4 Å². The molecule has 0 aliphatic rings. The molecule has 1 atom stereocenters. The van der Waals surface area contributed by atoms with Crippen LogP contribution >= 0.6 is 11.3 Å². The van der Waals surface area contributed by atoms with Crippen LogP contribution in [0, 0.1) is 13.8 Å². The van der Waals surface area contributed by atoms with Gasteiger partial charge in [-0.2, -0.15) is 0 Å². The van der Waals surface area contributed by atoms with Gasteiger partial charge in [0.25, 0.3) is 5.91 Å². The summed E-state index contributed by atoms with van der Waals surface area (Å²) in [6, 6.07) is 11.6. The number of rotatable bonds is 6. The third-order valence-electron chi connectivity index (χ3n) is 3.93. The van der Waals surface area contributed by atoms with Crippen LogP contribution < -0.4 is 5.32 Å². The highest BCUT2D eigenvalue weighted by molar-refractivity contribution is 7.12. The predicted octanol–water partition coefficient (Wildman–Crippen LogP) is 3.57. The molecule has 7 heteroatoms. The minimum Gasteiger partial charge on any atom is -0.459 e. The Morgan fingerprint density at radius 2 is 1.96 bits per heavy atom. The molecule has 1 aromatic carbocycles. The summed E-state index contributed by atoms with van der Waals surface area (Å²) in [4.78, 5) is 25.6. The van der Waals surface area contributed by atoms with E-state index >= 15 is 0 Å². The predicted molar refractivity (Wildman–Crippen MR) is 96.7 cm³/mol. The summed E-state index contributed by atoms with van der Waals surface area (Å²) in [5.41, 5.74) is 2.06. The number of ether oxygens (including phenoxy) is 1. The summed E-state index contributed by atoms with van der Waals surface area (Å²) in [5.74, 6) is -0.251. The number of hydrogen-bond acceptors (Lipinski definition) is 6. The Morgan fingerprint density at radius 3 is 2.58 bits per heavy atom. The van der Waals surface area contributed by atoms with Gasteiger partial charge < -0.3 is 14.6 Å². The molecule has 6 nitrogen and oxygen atoms in total. The van der Waals surface area contributed by atoms with Gasteiger partial charge in [-0.15, -0.1) is 11.3 Å². The van der Waals surface area contributed by atoms with Gasteiger partial charge in [0, 0.05) is 0 Å². The Hall–Kier alpha value is -2.93. The maximum Gasteiger partial charge on any atom is 0.333 e. The molecule has 0 fully saturated rings. The second kappa shape index (κ2) is 7.97. The van der Waals surface area contributed by atoms with Gasteiger partial charge in [0.05, 0.1) is 16.1 Å². The van der Waals surface area contributed by atoms with E-state index in [1.807, 2.05) is 11.4 Å². The van der Waals surface area contributed by atoms with Gasteiger partial charge in [-0.05, 0) is 30.9 Å². The second-order valence-corrected chi connectivity index (χ2v) is 6.65. The minimum absolute atomic E-state index is 0.0399. The summed E-state index contributed by atoms with van der Waals surface area (Å²) in [5, 5.41) is 8.41. The molecule has 2 heterocycles. The zero-order valence-electron chi connectivity index (χ0n) is 14.4. The number of nitrogens with zero attached hydrogens (tertiary/aromatic N) is 1. The minimum atomic E-state index is -0.897.